The summed E-state index contributed by atoms with van der Waals surface area (Å²) in [5.41, 5.74) is 1.11. The van der Waals surface area contributed by atoms with Gasteiger partial charge in [-0.05, 0) is 37.0 Å². The van der Waals surface area contributed by atoms with Gasteiger partial charge in [-0.15, -0.1) is 0 Å². The monoisotopic (exact) mass is 346 g/mol. The van der Waals surface area contributed by atoms with Crippen molar-refractivity contribution < 1.29 is 14.3 Å². The molecule has 1 aliphatic carbocycles. The number of hydrogen-bond acceptors (Lipinski definition) is 4. The van der Waals surface area contributed by atoms with Crippen molar-refractivity contribution in [3.05, 3.63) is 23.8 Å². The van der Waals surface area contributed by atoms with Gasteiger partial charge in [0.1, 0.15) is 0 Å². The van der Waals surface area contributed by atoms with Crippen molar-refractivity contribution in [2.75, 3.05) is 40.4 Å². The van der Waals surface area contributed by atoms with Gasteiger partial charge in [0.2, 0.25) is 5.91 Å². The number of aryl methyl sites for hydroxylation is 1. The van der Waals surface area contributed by atoms with Gasteiger partial charge in [0, 0.05) is 38.6 Å². The van der Waals surface area contributed by atoms with Crippen LogP contribution in [-0.4, -0.2) is 62.1 Å². The fourth-order valence-electron chi connectivity index (χ4n) is 4.05. The summed E-state index contributed by atoms with van der Waals surface area (Å²) < 4.78 is 10.6. The Morgan fingerprint density at radius 3 is 2.36 bits per heavy atom. The van der Waals surface area contributed by atoms with Crippen molar-refractivity contribution in [2.24, 2.45) is 0 Å². The van der Waals surface area contributed by atoms with Crippen LogP contribution in [0.15, 0.2) is 18.2 Å². The summed E-state index contributed by atoms with van der Waals surface area (Å²) >= 11 is 0. The number of carbonyl (C=O) groups excluding carboxylic acids is 1. The van der Waals surface area contributed by atoms with E-state index in [1.54, 1.807) is 14.2 Å². The number of hydrogen-bond donors (Lipinski definition) is 0. The maximum Gasteiger partial charge on any atom is 0.222 e. The van der Waals surface area contributed by atoms with Crippen LogP contribution < -0.4 is 9.47 Å². The molecule has 5 heteroatoms. The highest BCUT2D eigenvalue weighted by molar-refractivity contribution is 5.76. The molecule has 0 spiro atoms. The number of benzene rings is 1. The zero-order chi connectivity index (χ0) is 17.6. The molecule has 1 heterocycles. The van der Waals surface area contributed by atoms with Crippen LogP contribution in [0, 0.1) is 0 Å². The second-order valence-corrected chi connectivity index (χ2v) is 7.04. The van der Waals surface area contributed by atoms with Crippen molar-refractivity contribution >= 4 is 5.91 Å². The number of carbonyl (C=O) groups is 1. The van der Waals surface area contributed by atoms with Gasteiger partial charge in [0.15, 0.2) is 11.5 Å². The van der Waals surface area contributed by atoms with Gasteiger partial charge >= 0.3 is 0 Å². The van der Waals surface area contributed by atoms with Crippen molar-refractivity contribution in [2.45, 2.75) is 44.6 Å². The van der Waals surface area contributed by atoms with E-state index in [2.05, 4.69) is 4.90 Å². The molecule has 1 amide bonds. The van der Waals surface area contributed by atoms with Crippen molar-refractivity contribution in [1.29, 1.82) is 0 Å². The SMILES string of the molecule is COc1ccc(CCC(=O)N2CCN(C3CCCC3)CC2)cc1OC. The Bertz CT molecular complexity index is 576. The molecule has 1 saturated heterocycles. The molecule has 1 aromatic rings. The molecule has 0 N–H and O–H groups in total. The quantitative estimate of drug-likeness (QED) is 0.794. The molecular formula is C20H30N2O3. The second kappa shape index (κ2) is 8.56. The van der Waals surface area contributed by atoms with E-state index in [1.807, 2.05) is 23.1 Å². The van der Waals surface area contributed by atoms with Crippen LogP contribution in [0.2, 0.25) is 0 Å². The molecule has 0 aromatic heterocycles. The molecule has 0 atom stereocenters. The first-order valence-electron chi connectivity index (χ1n) is 9.44. The molecule has 2 aliphatic rings. The highest BCUT2D eigenvalue weighted by Crippen LogP contribution is 2.28. The third-order valence-electron chi connectivity index (χ3n) is 5.58. The van der Waals surface area contributed by atoms with Crippen molar-refractivity contribution in [3.63, 3.8) is 0 Å². The largest absolute Gasteiger partial charge is 0.493 e. The minimum absolute atomic E-state index is 0.265. The Labute approximate surface area is 150 Å². The van der Waals surface area contributed by atoms with E-state index in [9.17, 15) is 4.79 Å². The van der Waals surface area contributed by atoms with Gasteiger partial charge in [0.25, 0.3) is 0 Å². The Kier molecular flexibility index (Phi) is 6.19. The fourth-order valence-corrected chi connectivity index (χ4v) is 4.05. The molecule has 1 saturated carbocycles. The van der Waals surface area contributed by atoms with Crippen LogP contribution >= 0.6 is 0 Å². The number of amides is 1. The molecule has 0 bridgehead atoms. The zero-order valence-electron chi connectivity index (χ0n) is 15.5. The van der Waals surface area contributed by atoms with Crippen LogP contribution in [0.5, 0.6) is 11.5 Å². The Hall–Kier alpha value is -1.75. The molecular weight excluding hydrogens is 316 g/mol. The topological polar surface area (TPSA) is 42.0 Å². The standard InChI is InChI=1S/C20H30N2O3/c1-24-18-9-7-16(15-19(18)25-2)8-10-20(23)22-13-11-21(12-14-22)17-5-3-4-6-17/h7,9,15,17H,3-6,8,10-14H2,1-2H3. The van der Waals surface area contributed by atoms with Gasteiger partial charge in [-0.25, -0.2) is 0 Å². The fraction of sp³-hybridized carbons (Fsp3) is 0.650. The summed E-state index contributed by atoms with van der Waals surface area (Å²) in [5.74, 6) is 1.71. The van der Waals surface area contributed by atoms with E-state index < -0.39 is 0 Å². The van der Waals surface area contributed by atoms with E-state index in [0.29, 0.717) is 6.42 Å². The lowest BCUT2D eigenvalue weighted by molar-refractivity contribution is -0.133. The maximum absolute atomic E-state index is 12.5. The lowest BCUT2D eigenvalue weighted by atomic mass is 10.1. The van der Waals surface area contributed by atoms with Crippen LogP contribution in [-0.2, 0) is 11.2 Å². The van der Waals surface area contributed by atoms with E-state index in [1.165, 1.54) is 25.7 Å². The Morgan fingerprint density at radius 2 is 1.72 bits per heavy atom. The molecule has 1 aromatic carbocycles. The molecule has 2 fully saturated rings. The van der Waals surface area contributed by atoms with E-state index in [0.717, 1.165) is 55.7 Å². The molecule has 138 valence electrons. The van der Waals surface area contributed by atoms with Crippen LogP contribution in [0.1, 0.15) is 37.7 Å². The normalized spacial score (nSPS) is 19.2. The lowest BCUT2D eigenvalue weighted by Gasteiger charge is -2.38. The zero-order valence-corrected chi connectivity index (χ0v) is 15.5. The number of methoxy groups -OCH3 is 2. The summed E-state index contributed by atoms with van der Waals surface area (Å²) in [5, 5.41) is 0. The van der Waals surface area contributed by atoms with Gasteiger partial charge < -0.3 is 14.4 Å². The van der Waals surface area contributed by atoms with E-state index in [-0.39, 0.29) is 5.91 Å². The predicted octanol–water partition coefficient (Wildman–Crippen LogP) is 2.72. The van der Waals surface area contributed by atoms with Crippen molar-refractivity contribution in [3.8, 4) is 11.5 Å². The molecule has 0 radical (unpaired) electrons. The minimum Gasteiger partial charge on any atom is -0.493 e. The molecule has 25 heavy (non-hydrogen) atoms. The van der Waals surface area contributed by atoms with Gasteiger partial charge in [-0.1, -0.05) is 18.9 Å². The number of rotatable bonds is 6. The Balaban J connectivity index is 1.46. The first kappa shape index (κ1) is 18.1. The summed E-state index contributed by atoms with van der Waals surface area (Å²) in [6, 6.07) is 6.64. The average molecular weight is 346 g/mol. The smallest absolute Gasteiger partial charge is 0.222 e. The van der Waals surface area contributed by atoms with Gasteiger partial charge in [0.05, 0.1) is 14.2 Å². The van der Waals surface area contributed by atoms with Crippen molar-refractivity contribution in [1.82, 2.24) is 9.80 Å². The third kappa shape index (κ3) is 4.46. The average Bonchev–Trinajstić information content (AvgIpc) is 3.20. The summed E-state index contributed by atoms with van der Waals surface area (Å²) in [6.45, 7) is 3.82. The summed E-state index contributed by atoms with van der Waals surface area (Å²) in [4.78, 5) is 17.2. The minimum atomic E-state index is 0.265. The first-order chi connectivity index (χ1) is 12.2. The number of nitrogens with zero attached hydrogens (tertiary/aromatic N) is 2. The molecule has 3 rings (SSSR count). The van der Waals surface area contributed by atoms with Crippen LogP contribution in [0.3, 0.4) is 0 Å². The van der Waals surface area contributed by atoms with Crippen LogP contribution in [0.4, 0.5) is 0 Å². The predicted molar refractivity (Wildman–Crippen MR) is 98.3 cm³/mol. The van der Waals surface area contributed by atoms with E-state index in [4.69, 9.17) is 9.47 Å². The lowest BCUT2D eigenvalue weighted by Crippen LogP contribution is -2.51. The number of ether oxygens (including phenoxy) is 2. The molecule has 0 unspecified atom stereocenters. The van der Waals surface area contributed by atoms with Gasteiger partial charge in [-0.2, -0.15) is 0 Å². The molecule has 5 nitrogen and oxygen atoms in total. The third-order valence-corrected chi connectivity index (χ3v) is 5.58. The first-order valence-corrected chi connectivity index (χ1v) is 9.44. The van der Waals surface area contributed by atoms with Gasteiger partial charge in [-0.3, -0.25) is 9.69 Å². The maximum atomic E-state index is 12.5. The molecule has 1 aliphatic heterocycles. The van der Waals surface area contributed by atoms with E-state index >= 15 is 0 Å². The highest BCUT2D eigenvalue weighted by Gasteiger charge is 2.27. The Morgan fingerprint density at radius 1 is 1.04 bits per heavy atom. The second-order valence-electron chi connectivity index (χ2n) is 7.04. The summed E-state index contributed by atoms with van der Waals surface area (Å²) in [6.07, 6.45) is 6.71. The van der Waals surface area contributed by atoms with Crippen LogP contribution in [0.25, 0.3) is 0 Å². The summed E-state index contributed by atoms with van der Waals surface area (Å²) in [7, 11) is 3.27. The number of piperazine rings is 1. The highest BCUT2D eigenvalue weighted by atomic mass is 16.5.